The van der Waals surface area contributed by atoms with Gasteiger partial charge in [0.05, 0.1) is 15.6 Å². The Bertz CT molecular complexity index is 896. The summed E-state index contributed by atoms with van der Waals surface area (Å²) in [5, 5.41) is 2.52. The van der Waals surface area contributed by atoms with E-state index in [0.29, 0.717) is 0 Å². The van der Waals surface area contributed by atoms with E-state index in [1.807, 2.05) is 0 Å². The van der Waals surface area contributed by atoms with E-state index in [-0.39, 0.29) is 21.2 Å². The number of anilines is 1. The third-order valence-corrected chi connectivity index (χ3v) is 4.40. The Labute approximate surface area is 146 Å². The van der Waals surface area contributed by atoms with Crippen LogP contribution in [0.1, 0.15) is 10.4 Å². The molecule has 5 nitrogen and oxygen atoms in total. The van der Waals surface area contributed by atoms with E-state index in [2.05, 4.69) is 10.1 Å². The highest BCUT2D eigenvalue weighted by molar-refractivity contribution is 7.90. The molecule has 0 aliphatic heterocycles. The third-order valence-electron chi connectivity index (χ3n) is 2.96. The summed E-state index contributed by atoms with van der Waals surface area (Å²) in [4.78, 5) is 12.1. The fraction of sp³-hybridized carbons (Fsp3) is 0.133. The predicted molar refractivity (Wildman–Crippen MR) is 85.6 cm³/mol. The SMILES string of the molecule is CS(=O)(=O)c1ccc(Cl)c(NC(=O)c2ccc(OC(F)(F)F)cc2)c1. The number of carbonyl (C=O) groups is 1. The van der Waals surface area contributed by atoms with Gasteiger partial charge in [-0.25, -0.2) is 8.42 Å². The zero-order valence-electron chi connectivity index (χ0n) is 12.6. The summed E-state index contributed by atoms with van der Waals surface area (Å²) in [7, 11) is -3.50. The molecule has 25 heavy (non-hydrogen) atoms. The van der Waals surface area contributed by atoms with Gasteiger partial charge >= 0.3 is 6.36 Å². The Kier molecular flexibility index (Phi) is 5.28. The van der Waals surface area contributed by atoms with Gasteiger partial charge in [-0.05, 0) is 42.5 Å². The average molecular weight is 394 g/mol. The molecule has 0 unspecified atom stereocenters. The number of hydrogen-bond acceptors (Lipinski definition) is 4. The first kappa shape index (κ1) is 19.1. The van der Waals surface area contributed by atoms with Gasteiger partial charge in [-0.1, -0.05) is 11.6 Å². The van der Waals surface area contributed by atoms with Crippen LogP contribution in [0.4, 0.5) is 18.9 Å². The highest BCUT2D eigenvalue weighted by atomic mass is 35.5. The second-order valence-electron chi connectivity index (χ2n) is 4.94. The summed E-state index contributed by atoms with van der Waals surface area (Å²) in [6.45, 7) is 0. The molecule has 134 valence electrons. The zero-order valence-corrected chi connectivity index (χ0v) is 14.2. The smallest absolute Gasteiger partial charge is 0.406 e. The molecule has 0 heterocycles. The fourth-order valence-electron chi connectivity index (χ4n) is 1.83. The van der Waals surface area contributed by atoms with Gasteiger partial charge in [0.25, 0.3) is 5.91 Å². The number of sulfone groups is 1. The number of alkyl halides is 3. The first-order chi connectivity index (χ1) is 11.5. The van der Waals surface area contributed by atoms with Crippen molar-refractivity contribution in [3.05, 3.63) is 53.1 Å². The van der Waals surface area contributed by atoms with Gasteiger partial charge < -0.3 is 10.1 Å². The molecule has 0 aliphatic rings. The monoisotopic (exact) mass is 393 g/mol. The van der Waals surface area contributed by atoms with Crippen molar-refractivity contribution in [1.29, 1.82) is 0 Å². The maximum absolute atomic E-state index is 12.1. The van der Waals surface area contributed by atoms with Gasteiger partial charge in [0, 0.05) is 11.8 Å². The lowest BCUT2D eigenvalue weighted by molar-refractivity contribution is -0.274. The molecule has 0 fully saturated rings. The van der Waals surface area contributed by atoms with Crippen LogP contribution in [0, 0.1) is 0 Å². The summed E-state index contributed by atoms with van der Waals surface area (Å²) in [5.41, 5.74) is 0.0977. The summed E-state index contributed by atoms with van der Waals surface area (Å²) in [6.07, 6.45) is -3.83. The van der Waals surface area contributed by atoms with E-state index in [4.69, 9.17) is 11.6 Å². The van der Waals surface area contributed by atoms with E-state index in [1.54, 1.807) is 0 Å². The summed E-state index contributed by atoms with van der Waals surface area (Å²) in [6, 6.07) is 8.02. The molecule has 1 N–H and O–H groups in total. The topological polar surface area (TPSA) is 72.5 Å². The largest absolute Gasteiger partial charge is 0.573 e. The van der Waals surface area contributed by atoms with E-state index in [9.17, 15) is 26.4 Å². The van der Waals surface area contributed by atoms with Gasteiger partial charge in [-0.2, -0.15) is 0 Å². The van der Waals surface area contributed by atoms with Crippen molar-refractivity contribution >= 4 is 33.0 Å². The molecule has 0 bridgehead atoms. The molecular formula is C15H11ClF3NO4S. The number of benzene rings is 2. The van der Waals surface area contributed by atoms with E-state index in [1.165, 1.54) is 18.2 Å². The molecule has 1 amide bonds. The van der Waals surface area contributed by atoms with Crippen LogP contribution >= 0.6 is 11.6 Å². The maximum atomic E-state index is 12.1. The van der Waals surface area contributed by atoms with Crippen LogP contribution in [0.25, 0.3) is 0 Å². The van der Waals surface area contributed by atoms with Crippen LogP contribution in [-0.2, 0) is 9.84 Å². The summed E-state index contributed by atoms with van der Waals surface area (Å²) in [5.74, 6) is -1.15. The van der Waals surface area contributed by atoms with Crippen LogP contribution in [0.5, 0.6) is 5.75 Å². The second kappa shape index (κ2) is 6.93. The minimum absolute atomic E-state index is 0.0374. The molecule has 0 atom stereocenters. The molecule has 2 aromatic carbocycles. The Balaban J connectivity index is 2.20. The van der Waals surface area contributed by atoms with Crippen LogP contribution in [0.2, 0.25) is 5.02 Å². The second-order valence-corrected chi connectivity index (χ2v) is 7.36. The van der Waals surface area contributed by atoms with E-state index >= 15 is 0 Å². The van der Waals surface area contributed by atoms with Crippen molar-refractivity contribution in [2.45, 2.75) is 11.3 Å². The van der Waals surface area contributed by atoms with Gasteiger partial charge in [-0.3, -0.25) is 4.79 Å². The number of carbonyl (C=O) groups excluding carboxylic acids is 1. The summed E-state index contributed by atoms with van der Waals surface area (Å²) < 4.78 is 63.1. The normalized spacial score (nSPS) is 11.9. The molecule has 0 saturated heterocycles. The Hall–Kier alpha value is -2.26. The molecule has 2 aromatic rings. The van der Waals surface area contributed by atoms with Gasteiger partial charge in [-0.15, -0.1) is 13.2 Å². The third kappa shape index (κ3) is 5.36. The minimum atomic E-state index is -4.83. The molecule has 0 aromatic heterocycles. The molecule has 0 saturated carbocycles. The van der Waals surface area contributed by atoms with Crippen molar-refractivity contribution < 1.29 is 31.1 Å². The molecule has 10 heteroatoms. The highest BCUT2D eigenvalue weighted by Crippen LogP contribution is 2.27. The van der Waals surface area contributed by atoms with E-state index in [0.717, 1.165) is 30.5 Å². The number of amides is 1. The van der Waals surface area contributed by atoms with Crippen LogP contribution in [0.3, 0.4) is 0 Å². The van der Waals surface area contributed by atoms with Crippen LogP contribution in [-0.4, -0.2) is 26.9 Å². The standard InChI is InChI=1S/C15H11ClF3NO4S/c1-25(22,23)11-6-7-12(16)13(8-11)20-14(21)9-2-4-10(5-3-9)24-15(17,18)19/h2-8H,1H3,(H,20,21). The number of nitrogens with one attached hydrogen (secondary N) is 1. The number of ether oxygens (including phenoxy) is 1. The van der Waals surface area contributed by atoms with Gasteiger partial charge in [0.1, 0.15) is 5.75 Å². The molecule has 0 radical (unpaired) electrons. The number of rotatable bonds is 4. The van der Waals surface area contributed by atoms with Gasteiger partial charge in [0.2, 0.25) is 0 Å². The van der Waals surface area contributed by atoms with Crippen LogP contribution < -0.4 is 10.1 Å². The minimum Gasteiger partial charge on any atom is -0.406 e. The first-order valence-corrected chi connectivity index (χ1v) is 8.89. The summed E-state index contributed by atoms with van der Waals surface area (Å²) >= 11 is 5.92. The molecule has 2 rings (SSSR count). The maximum Gasteiger partial charge on any atom is 0.573 e. The van der Waals surface area contributed by atoms with Crippen molar-refractivity contribution in [2.75, 3.05) is 11.6 Å². The number of hydrogen-bond donors (Lipinski definition) is 1. The Morgan fingerprint density at radius 2 is 1.72 bits per heavy atom. The first-order valence-electron chi connectivity index (χ1n) is 6.62. The number of halogens is 4. The quantitative estimate of drug-likeness (QED) is 0.855. The highest BCUT2D eigenvalue weighted by Gasteiger charge is 2.31. The molecule has 0 aliphatic carbocycles. The lowest BCUT2D eigenvalue weighted by atomic mass is 10.2. The lowest BCUT2D eigenvalue weighted by Crippen LogP contribution is -2.17. The van der Waals surface area contributed by atoms with Crippen molar-refractivity contribution in [1.82, 2.24) is 0 Å². The van der Waals surface area contributed by atoms with Crippen molar-refractivity contribution in [2.24, 2.45) is 0 Å². The van der Waals surface area contributed by atoms with Crippen molar-refractivity contribution in [3.63, 3.8) is 0 Å². The zero-order chi connectivity index (χ0) is 18.8. The lowest BCUT2D eigenvalue weighted by Gasteiger charge is -2.11. The van der Waals surface area contributed by atoms with Gasteiger partial charge in [0.15, 0.2) is 9.84 Å². The average Bonchev–Trinajstić information content (AvgIpc) is 2.47. The Morgan fingerprint density at radius 1 is 1.12 bits per heavy atom. The van der Waals surface area contributed by atoms with E-state index < -0.39 is 27.9 Å². The fourth-order valence-corrected chi connectivity index (χ4v) is 2.65. The molecular weight excluding hydrogens is 383 g/mol. The van der Waals surface area contributed by atoms with Crippen LogP contribution in [0.15, 0.2) is 47.4 Å². The predicted octanol–water partition coefficient (Wildman–Crippen LogP) is 3.89. The van der Waals surface area contributed by atoms with Crippen molar-refractivity contribution in [3.8, 4) is 5.75 Å². The Morgan fingerprint density at radius 3 is 2.24 bits per heavy atom. The molecule has 0 spiro atoms.